The van der Waals surface area contributed by atoms with Crippen molar-refractivity contribution in [1.29, 1.82) is 0 Å². The molecule has 35 heavy (non-hydrogen) atoms. The van der Waals surface area contributed by atoms with Crippen LogP contribution in [0.25, 0.3) is 10.8 Å². The maximum atomic E-state index is 14.2. The highest BCUT2D eigenvalue weighted by molar-refractivity contribution is 5.89. The van der Waals surface area contributed by atoms with Crippen molar-refractivity contribution in [3.05, 3.63) is 41.5 Å². The van der Waals surface area contributed by atoms with Crippen molar-refractivity contribution in [1.82, 2.24) is 4.90 Å². The Bertz CT molecular complexity index is 1010. The van der Waals surface area contributed by atoms with E-state index in [1.54, 1.807) is 18.2 Å². The number of aryl methyl sites for hydroxylation is 1. The summed E-state index contributed by atoms with van der Waals surface area (Å²) < 4.78 is 48.7. The Morgan fingerprint density at radius 3 is 2.37 bits per heavy atom. The molecule has 4 nitrogen and oxygen atoms in total. The molecular formula is C28H36F3NO3. The van der Waals surface area contributed by atoms with Gasteiger partial charge in [0.1, 0.15) is 11.3 Å². The number of carboxylic acids is 1. The van der Waals surface area contributed by atoms with E-state index in [0.29, 0.717) is 30.6 Å². The quantitative estimate of drug-likeness (QED) is 0.435. The van der Waals surface area contributed by atoms with Crippen molar-refractivity contribution in [3.63, 3.8) is 0 Å². The number of alkyl halides is 3. The maximum absolute atomic E-state index is 14.2. The predicted molar refractivity (Wildman–Crippen MR) is 131 cm³/mol. The van der Waals surface area contributed by atoms with Crippen molar-refractivity contribution in [2.45, 2.75) is 77.0 Å². The second kappa shape index (κ2) is 11.2. The minimum atomic E-state index is -4.50. The van der Waals surface area contributed by atoms with Crippen LogP contribution < -0.4 is 4.74 Å². The number of aliphatic carboxylic acids is 1. The van der Waals surface area contributed by atoms with Crippen molar-refractivity contribution in [2.24, 2.45) is 11.8 Å². The number of carbonyl (C=O) groups is 1. The molecule has 2 aromatic rings. The summed E-state index contributed by atoms with van der Waals surface area (Å²) in [5.74, 6) is -0.382. The number of halogens is 3. The Kier molecular flexibility index (Phi) is 8.25. The zero-order valence-corrected chi connectivity index (χ0v) is 20.4. The van der Waals surface area contributed by atoms with Gasteiger partial charge in [-0.3, -0.25) is 4.79 Å². The van der Waals surface area contributed by atoms with Crippen LogP contribution in [-0.2, 0) is 17.4 Å². The SMILES string of the molecule is CCC1CCC(Oc2ccc3ccc(CCCN4CCC(C(=O)O)CC4)cc3c2C(F)(F)F)CC1. The Hall–Kier alpha value is -2.28. The molecule has 1 saturated heterocycles. The summed E-state index contributed by atoms with van der Waals surface area (Å²) in [6.45, 7) is 4.50. The van der Waals surface area contributed by atoms with Crippen LogP contribution in [-0.4, -0.2) is 41.7 Å². The molecule has 0 atom stereocenters. The number of hydrogen-bond donors (Lipinski definition) is 1. The van der Waals surface area contributed by atoms with Gasteiger partial charge in [-0.2, -0.15) is 13.2 Å². The maximum Gasteiger partial charge on any atom is 0.420 e. The van der Waals surface area contributed by atoms with Crippen LogP contribution in [0.3, 0.4) is 0 Å². The second-order valence-electron chi connectivity index (χ2n) is 10.2. The van der Waals surface area contributed by atoms with Crippen LogP contribution in [0.2, 0.25) is 0 Å². The lowest BCUT2D eigenvalue weighted by molar-refractivity contribution is -0.143. The van der Waals surface area contributed by atoms with Crippen molar-refractivity contribution < 1.29 is 27.8 Å². The predicted octanol–water partition coefficient (Wildman–Crippen LogP) is 6.94. The molecule has 0 unspecified atom stereocenters. The molecule has 1 aliphatic heterocycles. The molecule has 0 amide bonds. The molecule has 7 heteroatoms. The number of carboxylic acid groups (broad SMARTS) is 1. The van der Waals surface area contributed by atoms with Gasteiger partial charge in [0.15, 0.2) is 0 Å². The fourth-order valence-corrected chi connectivity index (χ4v) is 5.64. The van der Waals surface area contributed by atoms with Gasteiger partial charge in [-0.15, -0.1) is 0 Å². The second-order valence-corrected chi connectivity index (χ2v) is 10.2. The van der Waals surface area contributed by atoms with Gasteiger partial charge in [-0.1, -0.05) is 37.6 Å². The molecule has 2 fully saturated rings. The molecular weight excluding hydrogens is 455 g/mol. The summed E-state index contributed by atoms with van der Waals surface area (Å²) in [6, 6.07) is 8.57. The molecule has 2 aromatic carbocycles. The van der Waals surface area contributed by atoms with Gasteiger partial charge in [0.2, 0.25) is 0 Å². The average molecular weight is 492 g/mol. The summed E-state index contributed by atoms with van der Waals surface area (Å²) >= 11 is 0. The molecule has 192 valence electrons. The Morgan fingerprint density at radius 1 is 1.06 bits per heavy atom. The minimum absolute atomic E-state index is 0.0524. The number of likely N-dealkylation sites (tertiary alicyclic amines) is 1. The summed E-state index contributed by atoms with van der Waals surface area (Å²) in [5.41, 5.74) is 0.217. The van der Waals surface area contributed by atoms with E-state index in [4.69, 9.17) is 9.84 Å². The normalized spacial score (nSPS) is 22.4. The fourth-order valence-electron chi connectivity index (χ4n) is 5.64. The smallest absolute Gasteiger partial charge is 0.420 e. The van der Waals surface area contributed by atoms with Gasteiger partial charge in [-0.05, 0) is 99.3 Å². The van der Waals surface area contributed by atoms with E-state index in [9.17, 15) is 18.0 Å². The standard InChI is InChI=1S/C28H36F3NO3/c1-2-19-6-10-23(11-7-19)35-25-12-9-21-8-5-20(18-24(21)26(25)28(29,30)31)4-3-15-32-16-13-22(14-17-32)27(33)34/h5,8-9,12,18-19,22-23H,2-4,6-7,10-11,13-17H2,1H3,(H,33,34). The van der Waals surface area contributed by atoms with E-state index < -0.39 is 17.7 Å². The van der Waals surface area contributed by atoms with Crippen molar-refractivity contribution in [2.75, 3.05) is 19.6 Å². The van der Waals surface area contributed by atoms with Gasteiger partial charge in [0, 0.05) is 0 Å². The molecule has 2 aliphatic rings. The molecule has 4 rings (SSSR count). The molecule has 1 N–H and O–H groups in total. The number of benzene rings is 2. The van der Waals surface area contributed by atoms with Gasteiger partial charge < -0.3 is 14.7 Å². The van der Waals surface area contributed by atoms with Crippen LogP contribution in [0, 0.1) is 11.8 Å². The molecule has 1 saturated carbocycles. The molecule has 0 aromatic heterocycles. The number of piperidine rings is 1. The van der Waals surface area contributed by atoms with E-state index >= 15 is 0 Å². The molecule has 1 aliphatic carbocycles. The van der Waals surface area contributed by atoms with E-state index in [2.05, 4.69) is 11.8 Å². The average Bonchev–Trinajstić information content (AvgIpc) is 2.84. The highest BCUT2D eigenvalue weighted by Crippen LogP contribution is 2.43. The zero-order chi connectivity index (χ0) is 25.0. The Balaban J connectivity index is 1.45. The van der Waals surface area contributed by atoms with Crippen LogP contribution in [0.15, 0.2) is 30.3 Å². The van der Waals surface area contributed by atoms with E-state index in [1.165, 1.54) is 6.07 Å². The molecule has 0 bridgehead atoms. The van der Waals surface area contributed by atoms with Gasteiger partial charge in [0.05, 0.1) is 12.0 Å². The highest BCUT2D eigenvalue weighted by atomic mass is 19.4. The van der Waals surface area contributed by atoms with Crippen LogP contribution in [0.4, 0.5) is 13.2 Å². The first-order chi connectivity index (χ1) is 16.7. The lowest BCUT2D eigenvalue weighted by Gasteiger charge is -2.30. The lowest BCUT2D eigenvalue weighted by Crippen LogP contribution is -2.36. The largest absolute Gasteiger partial charge is 0.490 e. The third-order valence-electron chi connectivity index (χ3n) is 7.87. The number of nitrogens with zero attached hydrogens (tertiary/aromatic N) is 1. The van der Waals surface area contributed by atoms with Crippen LogP contribution in [0.5, 0.6) is 5.75 Å². The summed E-state index contributed by atoms with van der Waals surface area (Å²) in [6.07, 6.45) is 2.89. The highest BCUT2D eigenvalue weighted by Gasteiger charge is 2.37. The van der Waals surface area contributed by atoms with Crippen molar-refractivity contribution in [3.8, 4) is 5.75 Å². The fraction of sp³-hybridized carbons (Fsp3) is 0.607. The van der Waals surface area contributed by atoms with Crippen LogP contribution >= 0.6 is 0 Å². The van der Waals surface area contributed by atoms with E-state index in [0.717, 1.165) is 63.7 Å². The minimum Gasteiger partial charge on any atom is -0.490 e. The first-order valence-corrected chi connectivity index (χ1v) is 13.0. The number of ether oxygens (including phenoxy) is 1. The Morgan fingerprint density at radius 2 is 1.74 bits per heavy atom. The van der Waals surface area contributed by atoms with Gasteiger partial charge in [-0.25, -0.2) is 0 Å². The third kappa shape index (κ3) is 6.49. The number of hydrogen-bond acceptors (Lipinski definition) is 3. The monoisotopic (exact) mass is 491 g/mol. The lowest BCUT2D eigenvalue weighted by atomic mass is 9.86. The van der Waals surface area contributed by atoms with Gasteiger partial charge >= 0.3 is 12.1 Å². The summed E-state index contributed by atoms with van der Waals surface area (Å²) in [5, 5.41) is 9.91. The van der Waals surface area contributed by atoms with E-state index in [-0.39, 0.29) is 23.2 Å². The molecule has 0 spiro atoms. The van der Waals surface area contributed by atoms with Crippen LogP contribution in [0.1, 0.15) is 69.4 Å². The van der Waals surface area contributed by atoms with Gasteiger partial charge in [0.25, 0.3) is 0 Å². The van der Waals surface area contributed by atoms with Crippen molar-refractivity contribution >= 4 is 16.7 Å². The number of fused-ring (bicyclic) bond motifs is 1. The molecule has 0 radical (unpaired) electrons. The van der Waals surface area contributed by atoms with E-state index in [1.807, 2.05) is 6.07 Å². The third-order valence-corrected chi connectivity index (χ3v) is 7.87. The zero-order valence-electron chi connectivity index (χ0n) is 20.4. The topological polar surface area (TPSA) is 49.8 Å². The first kappa shape index (κ1) is 25.8. The summed E-state index contributed by atoms with van der Waals surface area (Å²) in [7, 11) is 0. The Labute approximate surface area is 205 Å². The number of rotatable bonds is 8. The summed E-state index contributed by atoms with van der Waals surface area (Å²) in [4.78, 5) is 13.4. The molecule has 1 heterocycles. The first-order valence-electron chi connectivity index (χ1n) is 13.0.